The predicted molar refractivity (Wildman–Crippen MR) is 107 cm³/mol. The Bertz CT molecular complexity index is 749. The number of nitrogens with two attached hydrogens (primary N) is 1. The molecule has 0 saturated carbocycles. The highest BCUT2D eigenvalue weighted by Gasteiger charge is 2.40. The van der Waals surface area contributed by atoms with Gasteiger partial charge in [-0.25, -0.2) is 4.39 Å². The van der Waals surface area contributed by atoms with Crippen LogP contribution in [0, 0.1) is 10.8 Å². The molecule has 28 heavy (non-hydrogen) atoms. The number of carbonyl (C=O) groups excluding carboxylic acids is 1. The van der Waals surface area contributed by atoms with Gasteiger partial charge in [-0.2, -0.15) is 0 Å². The molecule has 0 bridgehead atoms. The summed E-state index contributed by atoms with van der Waals surface area (Å²) in [5.74, 6) is -0.548. The molecule has 2 atom stereocenters. The van der Waals surface area contributed by atoms with Gasteiger partial charge >= 0.3 is 0 Å². The van der Waals surface area contributed by atoms with Gasteiger partial charge in [-0.1, -0.05) is 49.4 Å². The predicted octanol–water partition coefficient (Wildman–Crippen LogP) is 3.15. The summed E-state index contributed by atoms with van der Waals surface area (Å²) in [4.78, 5) is 11.8. The molecule has 1 aromatic rings. The third-order valence-corrected chi connectivity index (χ3v) is 4.71. The number of methoxy groups -OCH3 is 1. The molecule has 152 valence electrons. The van der Waals surface area contributed by atoms with Gasteiger partial charge in [-0.15, -0.1) is 0 Å². The van der Waals surface area contributed by atoms with Crippen LogP contribution in [0.2, 0.25) is 0 Å². The molecule has 1 amide bonds. The molecule has 2 unspecified atom stereocenters. The number of carbonyl (C=O) groups is 1. The Morgan fingerprint density at radius 3 is 2.68 bits per heavy atom. The fraction of sp³-hybridized carbons (Fsp3) is 0.429. The van der Waals surface area contributed by atoms with Crippen molar-refractivity contribution in [2.24, 2.45) is 11.1 Å². The van der Waals surface area contributed by atoms with Crippen molar-refractivity contribution in [3.8, 4) is 0 Å². The van der Waals surface area contributed by atoms with Crippen LogP contribution in [0.1, 0.15) is 31.7 Å². The van der Waals surface area contributed by atoms with Gasteiger partial charge in [0.1, 0.15) is 5.76 Å². The van der Waals surface area contributed by atoms with E-state index in [1.807, 2.05) is 36.4 Å². The van der Waals surface area contributed by atoms with E-state index in [4.69, 9.17) is 20.6 Å². The van der Waals surface area contributed by atoms with Crippen LogP contribution in [-0.2, 0) is 14.3 Å². The molecule has 7 heteroatoms. The highest BCUT2D eigenvalue weighted by Crippen LogP contribution is 2.43. The van der Waals surface area contributed by atoms with Gasteiger partial charge in [0.2, 0.25) is 5.91 Å². The highest BCUT2D eigenvalue weighted by atomic mass is 19.1. The molecule has 0 aliphatic heterocycles. The quantitative estimate of drug-likeness (QED) is 0.343. The van der Waals surface area contributed by atoms with E-state index in [9.17, 15) is 4.79 Å². The van der Waals surface area contributed by atoms with Crippen molar-refractivity contribution in [2.45, 2.75) is 32.4 Å². The van der Waals surface area contributed by atoms with Crippen molar-refractivity contribution < 1.29 is 18.7 Å². The van der Waals surface area contributed by atoms with Gasteiger partial charge in [0.05, 0.1) is 6.61 Å². The summed E-state index contributed by atoms with van der Waals surface area (Å²) in [5, 5.41) is 9.35. The lowest BCUT2D eigenvalue weighted by molar-refractivity contribution is -0.120. The van der Waals surface area contributed by atoms with Crippen LogP contribution in [0.15, 0.2) is 48.2 Å². The van der Waals surface area contributed by atoms with E-state index >= 15 is 4.39 Å². The summed E-state index contributed by atoms with van der Waals surface area (Å²) >= 11 is 0. The second-order valence-electron chi connectivity index (χ2n) is 7.00. The Kier molecular flexibility index (Phi) is 7.75. The minimum Gasteiger partial charge on any atom is -0.494 e. The second-order valence-corrected chi connectivity index (χ2v) is 7.00. The normalized spacial score (nSPS) is 21.5. The first-order chi connectivity index (χ1) is 13.4. The van der Waals surface area contributed by atoms with Crippen molar-refractivity contribution in [3.05, 3.63) is 53.8 Å². The van der Waals surface area contributed by atoms with Crippen LogP contribution in [0.3, 0.4) is 0 Å². The van der Waals surface area contributed by atoms with Gasteiger partial charge in [-0.05, 0) is 12.0 Å². The smallest absolute Gasteiger partial charge is 0.226 e. The first-order valence-electron chi connectivity index (χ1n) is 9.26. The van der Waals surface area contributed by atoms with E-state index in [1.165, 1.54) is 0 Å². The van der Waals surface area contributed by atoms with E-state index in [0.29, 0.717) is 25.2 Å². The average molecular weight is 389 g/mol. The zero-order chi connectivity index (χ0) is 20.6. The summed E-state index contributed by atoms with van der Waals surface area (Å²) in [7, 11) is 1.61. The van der Waals surface area contributed by atoms with Crippen molar-refractivity contribution in [1.82, 2.24) is 5.32 Å². The van der Waals surface area contributed by atoms with Gasteiger partial charge in [-0.3, -0.25) is 15.5 Å². The standard InChI is InChI=1S/C21H28FN3O3/c1-21(12-10-17(26)25-20(23)24)11-9-16(15-7-4-3-5-8-15)18(19(21)22)28-14-6-13-27-2/h3-5,7-9,11,19H,6,10,12-14H2,1-2H3,(H4,23,24,25,26). The van der Waals surface area contributed by atoms with Crippen LogP contribution < -0.4 is 11.1 Å². The first kappa shape index (κ1) is 21.6. The molecular formula is C21H28FN3O3. The number of allylic oxidation sites excluding steroid dienone is 4. The van der Waals surface area contributed by atoms with Crippen LogP contribution in [0.5, 0.6) is 0 Å². The maximum Gasteiger partial charge on any atom is 0.226 e. The number of ether oxygens (including phenoxy) is 2. The van der Waals surface area contributed by atoms with Crippen LogP contribution in [0.25, 0.3) is 5.57 Å². The van der Waals surface area contributed by atoms with Crippen LogP contribution in [-0.4, -0.2) is 38.4 Å². The molecule has 1 aromatic carbocycles. The number of hydrogen-bond acceptors (Lipinski definition) is 4. The average Bonchev–Trinajstić information content (AvgIpc) is 2.67. The molecule has 0 saturated heterocycles. The topological polar surface area (TPSA) is 97.4 Å². The molecule has 2 rings (SSSR count). The third-order valence-electron chi connectivity index (χ3n) is 4.71. The molecular weight excluding hydrogens is 361 g/mol. The molecule has 0 spiro atoms. The number of hydrogen-bond donors (Lipinski definition) is 3. The molecule has 1 aliphatic carbocycles. The lowest BCUT2D eigenvalue weighted by Crippen LogP contribution is -2.38. The minimum atomic E-state index is -1.40. The van der Waals surface area contributed by atoms with Gasteiger partial charge < -0.3 is 15.2 Å². The van der Waals surface area contributed by atoms with E-state index in [-0.39, 0.29) is 18.6 Å². The van der Waals surface area contributed by atoms with Crippen molar-refractivity contribution in [3.63, 3.8) is 0 Å². The maximum absolute atomic E-state index is 15.6. The molecule has 0 aromatic heterocycles. The number of guanidine groups is 1. The van der Waals surface area contributed by atoms with Crippen molar-refractivity contribution in [1.29, 1.82) is 5.41 Å². The zero-order valence-electron chi connectivity index (χ0n) is 16.3. The summed E-state index contributed by atoms with van der Waals surface area (Å²) in [6.07, 6.45) is 3.22. The number of benzene rings is 1. The third kappa shape index (κ3) is 5.66. The summed E-state index contributed by atoms with van der Waals surface area (Å²) in [6.45, 7) is 2.63. The second kappa shape index (κ2) is 10.0. The molecule has 4 N–H and O–H groups in total. The fourth-order valence-electron chi connectivity index (χ4n) is 3.07. The monoisotopic (exact) mass is 389 g/mol. The zero-order valence-corrected chi connectivity index (χ0v) is 16.3. The summed E-state index contributed by atoms with van der Waals surface area (Å²) in [6, 6.07) is 9.51. The SMILES string of the molecule is COCCCOC1=C(c2ccccc2)C=CC(C)(CCC(=O)NC(=N)N)C1F. The summed E-state index contributed by atoms with van der Waals surface area (Å²) < 4.78 is 26.5. The summed E-state index contributed by atoms with van der Waals surface area (Å²) in [5.41, 5.74) is 5.85. The van der Waals surface area contributed by atoms with E-state index in [0.717, 1.165) is 5.56 Å². The largest absolute Gasteiger partial charge is 0.494 e. The number of amides is 1. The highest BCUT2D eigenvalue weighted by molar-refractivity contribution is 5.94. The number of rotatable bonds is 9. The minimum absolute atomic E-state index is 0.0540. The molecule has 6 nitrogen and oxygen atoms in total. The lowest BCUT2D eigenvalue weighted by atomic mass is 9.75. The van der Waals surface area contributed by atoms with Gasteiger partial charge in [0.25, 0.3) is 0 Å². The fourth-order valence-corrected chi connectivity index (χ4v) is 3.07. The molecule has 0 heterocycles. The number of halogens is 1. The molecule has 0 radical (unpaired) electrons. The first-order valence-corrected chi connectivity index (χ1v) is 9.26. The Balaban J connectivity index is 2.21. The van der Waals surface area contributed by atoms with E-state index in [1.54, 1.807) is 20.1 Å². The van der Waals surface area contributed by atoms with Crippen molar-refractivity contribution >= 4 is 17.4 Å². The van der Waals surface area contributed by atoms with E-state index < -0.39 is 23.5 Å². The Labute approximate surface area is 165 Å². The van der Waals surface area contributed by atoms with Crippen molar-refractivity contribution in [2.75, 3.05) is 20.3 Å². The molecule has 1 aliphatic rings. The maximum atomic E-state index is 15.6. The number of nitrogens with one attached hydrogen (secondary N) is 2. The Morgan fingerprint density at radius 1 is 1.32 bits per heavy atom. The van der Waals surface area contributed by atoms with Crippen LogP contribution >= 0.6 is 0 Å². The molecule has 0 fully saturated rings. The Morgan fingerprint density at radius 2 is 2.04 bits per heavy atom. The number of alkyl halides is 1. The van der Waals surface area contributed by atoms with Gasteiger partial charge in [0, 0.05) is 37.5 Å². The lowest BCUT2D eigenvalue weighted by Gasteiger charge is -2.35. The van der Waals surface area contributed by atoms with Gasteiger partial charge in [0.15, 0.2) is 12.1 Å². The van der Waals surface area contributed by atoms with E-state index in [2.05, 4.69) is 5.32 Å². The van der Waals surface area contributed by atoms with Crippen LogP contribution in [0.4, 0.5) is 4.39 Å². The Hall–Kier alpha value is -2.67.